The Kier molecular flexibility index (Phi) is 7.84. The average Bonchev–Trinajstić information content (AvgIpc) is 3.16. The van der Waals surface area contributed by atoms with E-state index >= 15 is 0 Å². The van der Waals surface area contributed by atoms with Gasteiger partial charge in [-0.3, -0.25) is 14.5 Å². The Morgan fingerprint density at radius 2 is 1.71 bits per heavy atom. The Labute approximate surface area is 205 Å². The van der Waals surface area contributed by atoms with E-state index < -0.39 is 17.7 Å². The molecule has 8 heteroatoms. The van der Waals surface area contributed by atoms with Gasteiger partial charge < -0.3 is 24.2 Å². The fourth-order valence-corrected chi connectivity index (χ4v) is 4.34. The van der Waals surface area contributed by atoms with E-state index in [1.807, 2.05) is 12.1 Å². The number of ether oxygens (including phenoxy) is 3. The highest BCUT2D eigenvalue weighted by Gasteiger charge is 2.46. The number of methoxy groups -OCH3 is 1. The van der Waals surface area contributed by atoms with Crippen molar-refractivity contribution in [3.63, 3.8) is 0 Å². The summed E-state index contributed by atoms with van der Waals surface area (Å²) in [6, 6.07) is 13.2. The maximum absolute atomic E-state index is 13.2. The molecular formula is C27H30N2O6. The van der Waals surface area contributed by atoms with Gasteiger partial charge in [0.05, 0.1) is 31.9 Å². The number of nitrogens with zero attached hydrogens (tertiary/aromatic N) is 2. The number of hydrogen-bond acceptors (Lipinski definition) is 7. The van der Waals surface area contributed by atoms with E-state index in [0.717, 1.165) is 18.7 Å². The summed E-state index contributed by atoms with van der Waals surface area (Å²) < 4.78 is 16.2. The lowest BCUT2D eigenvalue weighted by Gasteiger charge is -2.31. The third-order valence-electron chi connectivity index (χ3n) is 6.23. The number of Topliss-reactive ketones (excluding diaryl/α,β-unsaturated/α-hetero) is 1. The largest absolute Gasteiger partial charge is 0.507 e. The molecule has 35 heavy (non-hydrogen) atoms. The lowest BCUT2D eigenvalue weighted by Crippen LogP contribution is -2.42. The number of amides is 1. The fraction of sp³-hybridized carbons (Fsp3) is 0.333. The average molecular weight is 479 g/mol. The molecule has 0 radical (unpaired) electrons. The molecule has 1 atom stereocenters. The maximum Gasteiger partial charge on any atom is 0.295 e. The summed E-state index contributed by atoms with van der Waals surface area (Å²) in [5.41, 5.74) is 1.22. The van der Waals surface area contributed by atoms with Gasteiger partial charge in [-0.2, -0.15) is 0 Å². The van der Waals surface area contributed by atoms with Crippen molar-refractivity contribution >= 4 is 17.4 Å². The lowest BCUT2D eigenvalue weighted by molar-refractivity contribution is -0.140. The normalized spacial score (nSPS) is 20.1. The molecule has 2 aromatic carbocycles. The third-order valence-corrected chi connectivity index (χ3v) is 6.23. The zero-order valence-electron chi connectivity index (χ0n) is 19.8. The Morgan fingerprint density at radius 1 is 1.06 bits per heavy atom. The highest BCUT2D eigenvalue weighted by Crippen LogP contribution is 2.39. The van der Waals surface area contributed by atoms with Crippen molar-refractivity contribution in [2.45, 2.75) is 6.04 Å². The second kappa shape index (κ2) is 11.2. The zero-order valence-corrected chi connectivity index (χ0v) is 19.8. The molecule has 0 aliphatic carbocycles. The molecule has 1 N–H and O–H groups in total. The van der Waals surface area contributed by atoms with Gasteiger partial charge in [-0.05, 0) is 42.0 Å². The molecule has 2 heterocycles. The fourth-order valence-electron chi connectivity index (χ4n) is 4.34. The van der Waals surface area contributed by atoms with Crippen LogP contribution < -0.4 is 9.47 Å². The van der Waals surface area contributed by atoms with Gasteiger partial charge >= 0.3 is 0 Å². The van der Waals surface area contributed by atoms with Gasteiger partial charge in [0, 0.05) is 31.7 Å². The topological polar surface area (TPSA) is 88.5 Å². The van der Waals surface area contributed by atoms with Crippen LogP contribution >= 0.6 is 0 Å². The summed E-state index contributed by atoms with van der Waals surface area (Å²) in [5, 5.41) is 11.2. The summed E-state index contributed by atoms with van der Waals surface area (Å²) in [6.07, 6.45) is 1.64. The van der Waals surface area contributed by atoms with Crippen LogP contribution in [0.4, 0.5) is 0 Å². The molecular weight excluding hydrogens is 448 g/mol. The molecule has 2 saturated heterocycles. The number of aliphatic hydroxyl groups excluding tert-OH is 1. The van der Waals surface area contributed by atoms with E-state index in [0.29, 0.717) is 50.0 Å². The molecule has 1 unspecified atom stereocenters. The van der Waals surface area contributed by atoms with E-state index in [9.17, 15) is 14.7 Å². The summed E-state index contributed by atoms with van der Waals surface area (Å²) in [7, 11) is 1.58. The van der Waals surface area contributed by atoms with Crippen LogP contribution in [-0.4, -0.2) is 79.7 Å². The predicted octanol–water partition coefficient (Wildman–Crippen LogP) is 3.01. The monoisotopic (exact) mass is 478 g/mol. The van der Waals surface area contributed by atoms with Gasteiger partial charge in [-0.15, -0.1) is 0 Å². The standard InChI is InChI=1S/C27H30N2O6/c1-3-16-35-22-10-6-20(7-11-22)25(30)23-24(19-4-8-21(33-2)9-5-19)29(27(32)26(23)31)13-12-28-14-17-34-18-15-28/h3-11,24,30H,1,12-18H2,2H3/b25-23-. The van der Waals surface area contributed by atoms with E-state index in [-0.39, 0.29) is 11.3 Å². The molecule has 2 fully saturated rings. The molecule has 8 nitrogen and oxygen atoms in total. The number of likely N-dealkylation sites (tertiary alicyclic amines) is 1. The van der Waals surface area contributed by atoms with Gasteiger partial charge in [0.25, 0.3) is 11.7 Å². The molecule has 1 amide bonds. The Balaban J connectivity index is 1.69. The van der Waals surface area contributed by atoms with Gasteiger partial charge in [-0.25, -0.2) is 0 Å². The van der Waals surface area contributed by atoms with Crippen molar-refractivity contribution in [3.8, 4) is 11.5 Å². The summed E-state index contributed by atoms with van der Waals surface area (Å²) in [4.78, 5) is 30.1. The van der Waals surface area contributed by atoms with E-state index in [1.54, 1.807) is 54.5 Å². The number of hydrogen-bond donors (Lipinski definition) is 1. The molecule has 0 bridgehead atoms. The van der Waals surface area contributed by atoms with E-state index in [1.165, 1.54) is 0 Å². The predicted molar refractivity (Wildman–Crippen MR) is 131 cm³/mol. The third kappa shape index (κ3) is 5.39. The first-order valence-electron chi connectivity index (χ1n) is 11.6. The summed E-state index contributed by atoms with van der Waals surface area (Å²) in [6.45, 7) is 7.79. The highest BCUT2D eigenvalue weighted by molar-refractivity contribution is 6.46. The van der Waals surface area contributed by atoms with Crippen LogP contribution in [0, 0.1) is 0 Å². The van der Waals surface area contributed by atoms with Gasteiger partial charge in [0.1, 0.15) is 23.9 Å². The van der Waals surface area contributed by atoms with Crippen LogP contribution in [0.5, 0.6) is 11.5 Å². The number of carbonyl (C=O) groups is 2. The smallest absolute Gasteiger partial charge is 0.295 e. The molecule has 184 valence electrons. The van der Waals surface area contributed by atoms with Crippen molar-refractivity contribution in [2.75, 3.05) is 53.1 Å². The van der Waals surface area contributed by atoms with Gasteiger partial charge in [-0.1, -0.05) is 24.8 Å². The lowest BCUT2D eigenvalue weighted by atomic mass is 9.95. The number of benzene rings is 2. The molecule has 2 aromatic rings. The van der Waals surface area contributed by atoms with Crippen LogP contribution in [0.15, 0.2) is 66.8 Å². The SMILES string of the molecule is C=CCOc1ccc(/C(O)=C2/C(=O)C(=O)N(CCN3CCOCC3)C2c2ccc(OC)cc2)cc1. The molecule has 2 aliphatic heterocycles. The van der Waals surface area contributed by atoms with Crippen molar-refractivity contribution in [3.05, 3.63) is 77.9 Å². The first-order valence-corrected chi connectivity index (χ1v) is 11.6. The molecule has 0 saturated carbocycles. The number of ketones is 1. The van der Waals surface area contributed by atoms with Crippen molar-refractivity contribution in [2.24, 2.45) is 0 Å². The van der Waals surface area contributed by atoms with Gasteiger partial charge in [0.2, 0.25) is 0 Å². The minimum absolute atomic E-state index is 0.0712. The van der Waals surface area contributed by atoms with Crippen molar-refractivity contribution < 1.29 is 28.9 Å². The van der Waals surface area contributed by atoms with Crippen molar-refractivity contribution in [1.29, 1.82) is 0 Å². The van der Waals surface area contributed by atoms with Gasteiger partial charge in [0.15, 0.2) is 0 Å². The minimum Gasteiger partial charge on any atom is -0.507 e. The highest BCUT2D eigenvalue weighted by atomic mass is 16.5. The zero-order chi connectivity index (χ0) is 24.8. The second-order valence-electron chi connectivity index (χ2n) is 8.34. The molecule has 0 aromatic heterocycles. The molecule has 2 aliphatic rings. The second-order valence-corrected chi connectivity index (χ2v) is 8.34. The first-order chi connectivity index (χ1) is 17.0. The number of rotatable bonds is 9. The van der Waals surface area contributed by atoms with E-state index in [2.05, 4.69) is 11.5 Å². The maximum atomic E-state index is 13.2. The van der Waals surface area contributed by atoms with E-state index in [4.69, 9.17) is 14.2 Å². The number of carbonyl (C=O) groups excluding carboxylic acids is 2. The molecule has 4 rings (SSSR count). The Morgan fingerprint density at radius 3 is 2.34 bits per heavy atom. The van der Waals surface area contributed by atoms with Crippen molar-refractivity contribution in [1.82, 2.24) is 9.80 Å². The Bertz CT molecular complexity index is 1090. The first kappa shape index (κ1) is 24.5. The van der Waals surface area contributed by atoms with Crippen LogP contribution in [0.1, 0.15) is 17.2 Å². The summed E-state index contributed by atoms with van der Waals surface area (Å²) in [5.74, 6) is -0.259. The quantitative estimate of drug-likeness (QED) is 0.257. The van der Waals surface area contributed by atoms with Crippen LogP contribution in [0.25, 0.3) is 5.76 Å². The Hall–Kier alpha value is -3.62. The number of morpholine rings is 1. The van der Waals surface area contributed by atoms with Crippen LogP contribution in [0.2, 0.25) is 0 Å². The van der Waals surface area contributed by atoms with Crippen LogP contribution in [-0.2, 0) is 14.3 Å². The summed E-state index contributed by atoms with van der Waals surface area (Å²) >= 11 is 0. The minimum atomic E-state index is -0.710. The van der Waals surface area contributed by atoms with Crippen LogP contribution in [0.3, 0.4) is 0 Å². The number of aliphatic hydroxyl groups is 1. The molecule has 0 spiro atoms.